The molecule has 0 aliphatic rings. The van der Waals surface area contributed by atoms with E-state index in [2.05, 4.69) is 16.0 Å². The van der Waals surface area contributed by atoms with Crippen LogP contribution in [-0.2, 0) is 108 Å². The molecule has 25 nitrogen and oxygen atoms in total. The summed E-state index contributed by atoms with van der Waals surface area (Å²) in [5.41, 5.74) is 1.29. The molecule has 0 unspecified atom stereocenters. The number of ether oxygens (including phenoxy) is 18. The number of rotatable bonds is 58. The molecule has 0 fully saturated rings. The van der Waals surface area contributed by atoms with Crippen molar-refractivity contribution in [1.82, 2.24) is 10.6 Å². The lowest BCUT2D eigenvalue weighted by Gasteiger charge is -2.26. The highest BCUT2D eigenvalue weighted by molar-refractivity contribution is 5.98. The molecule has 0 aromatic heterocycles. The van der Waals surface area contributed by atoms with Crippen molar-refractivity contribution < 1.29 is 105 Å². The minimum Gasteiger partial charge on any atom is -0.444 e. The normalized spacial score (nSPS) is 12.5. The van der Waals surface area contributed by atoms with Crippen LogP contribution in [0.3, 0.4) is 0 Å². The van der Waals surface area contributed by atoms with Gasteiger partial charge in [0.15, 0.2) is 0 Å². The van der Waals surface area contributed by atoms with Crippen LogP contribution in [0.15, 0.2) is 18.2 Å². The van der Waals surface area contributed by atoms with Crippen molar-refractivity contribution in [2.75, 3.05) is 230 Å². The molecule has 468 valence electrons. The molecule has 0 saturated heterocycles. The highest BCUT2D eigenvalue weighted by atomic mass is 16.6. The van der Waals surface area contributed by atoms with Crippen molar-refractivity contribution in [3.8, 4) is 0 Å². The molecule has 0 bridgehead atoms. The highest BCUT2D eigenvalue weighted by Gasteiger charge is 2.29. The topological polar surface area (TPSA) is 274 Å². The summed E-state index contributed by atoms with van der Waals surface area (Å²) in [6.45, 7) is 25.8. The van der Waals surface area contributed by atoms with E-state index in [-0.39, 0.29) is 12.5 Å². The summed E-state index contributed by atoms with van der Waals surface area (Å²) in [5.74, 6) is -1.21. The van der Waals surface area contributed by atoms with E-state index in [9.17, 15) is 19.5 Å². The minimum atomic E-state index is -0.903. The molecule has 3 amide bonds. The monoisotopic (exact) mass is 1160 g/mol. The van der Waals surface area contributed by atoms with Gasteiger partial charge in [0, 0.05) is 12.8 Å². The van der Waals surface area contributed by atoms with Crippen molar-refractivity contribution in [3.63, 3.8) is 0 Å². The summed E-state index contributed by atoms with van der Waals surface area (Å²) in [6, 6.07) is 3.38. The third-order valence-electron chi connectivity index (χ3n) is 10.5. The fraction of sp³-hybridized carbons (Fsp3) is 0.836. The fourth-order valence-corrected chi connectivity index (χ4v) is 6.40. The first-order valence-corrected chi connectivity index (χ1v) is 27.9. The van der Waals surface area contributed by atoms with Gasteiger partial charge >= 0.3 is 6.09 Å². The molecule has 80 heavy (non-hydrogen) atoms. The van der Waals surface area contributed by atoms with Gasteiger partial charge in [0.1, 0.15) is 17.7 Å². The van der Waals surface area contributed by atoms with Gasteiger partial charge in [0.2, 0.25) is 11.8 Å². The maximum Gasteiger partial charge on any atom is 0.408 e. The Balaban J connectivity index is 1.84. The summed E-state index contributed by atoms with van der Waals surface area (Å²) >= 11 is 0. The van der Waals surface area contributed by atoms with Crippen LogP contribution in [-0.4, -0.2) is 266 Å². The number of benzene rings is 1. The number of methoxy groups -OCH3 is 1. The number of hydrogen-bond acceptors (Lipinski definition) is 22. The van der Waals surface area contributed by atoms with Gasteiger partial charge in [-0.25, -0.2) is 4.79 Å². The molecule has 0 saturated carbocycles. The van der Waals surface area contributed by atoms with Gasteiger partial charge in [-0.2, -0.15) is 0 Å². The average Bonchev–Trinajstić information content (AvgIpc) is 3.42. The van der Waals surface area contributed by atoms with Gasteiger partial charge in [-0.1, -0.05) is 19.9 Å². The molecule has 0 aliphatic heterocycles. The zero-order valence-electron chi connectivity index (χ0n) is 49.2. The molecular weight excluding hydrogens is 1050 g/mol. The van der Waals surface area contributed by atoms with Gasteiger partial charge in [-0.05, 0) is 63.3 Å². The fourth-order valence-electron chi connectivity index (χ4n) is 6.40. The van der Waals surface area contributed by atoms with E-state index >= 15 is 0 Å². The lowest BCUT2D eigenvalue weighted by Crippen LogP contribution is -2.54. The van der Waals surface area contributed by atoms with Crippen molar-refractivity contribution in [1.29, 1.82) is 0 Å². The van der Waals surface area contributed by atoms with E-state index in [0.717, 1.165) is 5.56 Å². The van der Waals surface area contributed by atoms with E-state index < -0.39 is 35.6 Å². The number of alkyl carbamates (subject to hydrolysis) is 1. The van der Waals surface area contributed by atoms with Crippen LogP contribution in [0.5, 0.6) is 0 Å². The Morgan fingerprint density at radius 1 is 0.425 bits per heavy atom. The highest BCUT2D eigenvalue weighted by Crippen LogP contribution is 2.18. The first-order chi connectivity index (χ1) is 38.9. The molecule has 25 heteroatoms. The van der Waals surface area contributed by atoms with E-state index in [1.54, 1.807) is 66.9 Å². The summed E-state index contributed by atoms with van der Waals surface area (Å²) in [6.07, 6.45) is -0.228. The van der Waals surface area contributed by atoms with Crippen LogP contribution in [0.4, 0.5) is 10.5 Å². The Bertz CT molecular complexity index is 1600. The largest absolute Gasteiger partial charge is 0.444 e. The Morgan fingerprint density at radius 3 is 1.00 bits per heavy atom. The van der Waals surface area contributed by atoms with Crippen molar-refractivity contribution in [2.24, 2.45) is 5.92 Å². The predicted molar refractivity (Wildman–Crippen MR) is 295 cm³/mol. The Morgan fingerprint density at radius 2 is 0.725 bits per heavy atom. The molecular formula is C55H101N3O22. The number of amides is 3. The number of nitrogens with one attached hydrogen (secondary N) is 3. The molecule has 0 aliphatic carbocycles. The van der Waals surface area contributed by atoms with Gasteiger partial charge < -0.3 is 106 Å². The lowest BCUT2D eigenvalue weighted by atomic mass is 10.0. The minimum absolute atomic E-state index is 0.176. The van der Waals surface area contributed by atoms with Crippen LogP contribution >= 0.6 is 0 Å². The molecule has 1 rings (SSSR count). The van der Waals surface area contributed by atoms with Gasteiger partial charge in [0.25, 0.3) is 0 Å². The molecule has 2 atom stereocenters. The van der Waals surface area contributed by atoms with Gasteiger partial charge in [0.05, 0.1) is 225 Å². The van der Waals surface area contributed by atoms with E-state index in [0.29, 0.717) is 236 Å². The molecule has 0 heterocycles. The number of anilines is 1. The van der Waals surface area contributed by atoms with Crippen molar-refractivity contribution in [3.05, 3.63) is 29.3 Å². The second kappa shape index (κ2) is 53.7. The molecule has 0 radical (unpaired) electrons. The number of aliphatic hydroxyl groups is 1. The Hall–Kier alpha value is -3.29. The van der Waals surface area contributed by atoms with Crippen LogP contribution < -0.4 is 16.0 Å². The zero-order chi connectivity index (χ0) is 58.4. The maximum atomic E-state index is 13.0. The smallest absolute Gasteiger partial charge is 0.408 e. The molecule has 0 spiro atoms. The van der Waals surface area contributed by atoms with Crippen molar-refractivity contribution >= 4 is 23.6 Å². The second-order valence-corrected chi connectivity index (χ2v) is 18.8. The first kappa shape index (κ1) is 74.7. The van der Waals surface area contributed by atoms with E-state index in [4.69, 9.17) is 85.3 Å². The predicted octanol–water partition coefficient (Wildman–Crippen LogP) is 2.63. The van der Waals surface area contributed by atoms with E-state index in [1.165, 1.54) is 0 Å². The summed E-state index contributed by atoms with van der Waals surface area (Å²) in [4.78, 5) is 38.3. The first-order valence-electron chi connectivity index (χ1n) is 27.9. The van der Waals surface area contributed by atoms with Gasteiger partial charge in [-0.3, -0.25) is 9.59 Å². The summed E-state index contributed by atoms with van der Waals surface area (Å²) in [5, 5.41) is 17.9. The quantitative estimate of drug-likeness (QED) is 0.0683. The Kier molecular flexibility index (Phi) is 50.2. The van der Waals surface area contributed by atoms with Crippen molar-refractivity contribution in [2.45, 2.75) is 72.3 Å². The Labute approximate surface area is 475 Å². The average molecular weight is 1160 g/mol. The molecule has 4 N–H and O–H groups in total. The molecule has 1 aromatic rings. The maximum absolute atomic E-state index is 13.0. The van der Waals surface area contributed by atoms with Crippen LogP contribution in [0, 0.1) is 5.92 Å². The number of carbonyl (C=O) groups is 3. The number of aliphatic hydroxyl groups excluding tert-OH is 1. The zero-order valence-corrected chi connectivity index (χ0v) is 49.2. The van der Waals surface area contributed by atoms with Crippen LogP contribution in [0.1, 0.15) is 52.7 Å². The summed E-state index contributed by atoms with van der Waals surface area (Å²) < 4.78 is 98.4. The third-order valence-corrected chi connectivity index (χ3v) is 10.5. The number of hydrogen-bond donors (Lipinski definition) is 4. The van der Waals surface area contributed by atoms with Crippen LogP contribution in [0.25, 0.3) is 0 Å². The van der Waals surface area contributed by atoms with Gasteiger partial charge in [-0.15, -0.1) is 0 Å². The SMILES string of the molecule is COCCOCCOCCOCCOCCOCCOCCOCCOCCOCCOCCOCCOCCOCCOCCOCCOCCc1cc(NC(=O)[C@H](C)NC(=O)[C@@H](NC(=O)OC(C)(C)C)C(C)C)ccc1CO. The second-order valence-electron chi connectivity index (χ2n) is 18.8. The molecule has 1 aromatic carbocycles. The standard InChI is InChI=1S/C55H101N3O22/c1-46(2)51(58-54(62)80-55(4,5)6)53(61)56-47(3)52(60)57-50-9-8-49(45-59)48(44-50)10-11-64-14-15-66-18-19-68-22-23-70-26-27-72-30-31-74-34-35-76-38-39-78-42-43-79-41-40-77-37-36-75-33-32-73-29-28-71-25-24-69-21-20-67-17-16-65-13-12-63-7/h8-9,44,46-47,51,59H,10-43,45H2,1-7H3,(H,56,61)(H,57,60)(H,58,62)/t47-,51-/m0/s1. The van der Waals surface area contributed by atoms with Crippen LogP contribution in [0.2, 0.25) is 0 Å². The third kappa shape index (κ3) is 47.2. The lowest BCUT2D eigenvalue weighted by molar-refractivity contribution is -0.128. The number of carbonyl (C=O) groups excluding carboxylic acids is 3. The summed E-state index contributed by atoms with van der Waals surface area (Å²) in [7, 11) is 1.64. The van der Waals surface area contributed by atoms with E-state index in [1.807, 2.05) is 0 Å².